The van der Waals surface area contributed by atoms with Gasteiger partial charge in [-0.15, -0.1) is 0 Å². The van der Waals surface area contributed by atoms with Gasteiger partial charge in [0, 0.05) is 0 Å². The zero-order chi connectivity index (χ0) is 10.9. The molecule has 0 unspecified atom stereocenters. The Bertz CT molecular complexity index is 242. The van der Waals surface area contributed by atoms with Gasteiger partial charge in [-0.2, -0.15) is 23.5 Å². The molecule has 1 aromatic rings. The quantitative estimate of drug-likeness (QED) is 0.532. The van der Waals surface area contributed by atoms with Crippen LogP contribution in [0.2, 0.25) is 0 Å². The largest absolute Gasteiger partial charge is 0.870 e. The second-order valence-corrected chi connectivity index (χ2v) is 5.55. The molecule has 0 bridgehead atoms. The van der Waals surface area contributed by atoms with Crippen molar-refractivity contribution in [2.24, 2.45) is 0 Å². The van der Waals surface area contributed by atoms with Crippen LogP contribution in [-0.4, -0.2) is 34.1 Å². The van der Waals surface area contributed by atoms with Gasteiger partial charge in [0.25, 0.3) is 0 Å². The molecule has 0 aliphatic rings. The molecule has 1 rings (SSSR count). The summed E-state index contributed by atoms with van der Waals surface area (Å²) < 4.78 is 4.57. The van der Waals surface area contributed by atoms with Crippen LogP contribution in [0.4, 0.5) is 0 Å². The standard InChI is InChI=1S/C11H21N2S2.H2O/c1-14-9-3-5-12-7-8-13(11-12)6-4-10-15-2;/h7-8,11H,3-6,9-10H2,1-2H3;1H2/q+1;/p-1. The molecule has 0 spiro atoms. The molecule has 1 aromatic heterocycles. The number of imidazole rings is 1. The number of aryl methyl sites for hydroxylation is 2. The first kappa shape index (κ1) is 15.9. The number of hydrogen-bond acceptors (Lipinski definition) is 3. The SMILES string of the molecule is CSCCCn1cc[n+](CCCSC)c1.[OH-]. The molecule has 0 aliphatic heterocycles. The second-order valence-electron chi connectivity index (χ2n) is 3.58. The molecule has 0 fully saturated rings. The highest BCUT2D eigenvalue weighted by molar-refractivity contribution is 7.98. The van der Waals surface area contributed by atoms with Crippen LogP contribution in [0.15, 0.2) is 18.7 Å². The topological polar surface area (TPSA) is 38.8 Å². The molecule has 0 saturated carbocycles. The summed E-state index contributed by atoms with van der Waals surface area (Å²) >= 11 is 3.84. The van der Waals surface area contributed by atoms with Gasteiger partial charge in [0.2, 0.25) is 6.33 Å². The third-order valence-corrected chi connectivity index (χ3v) is 3.67. The summed E-state index contributed by atoms with van der Waals surface area (Å²) in [6.45, 7) is 2.30. The Morgan fingerprint density at radius 1 is 1.12 bits per heavy atom. The zero-order valence-electron chi connectivity index (χ0n) is 10.1. The van der Waals surface area contributed by atoms with Crippen molar-refractivity contribution in [3.8, 4) is 0 Å². The first-order chi connectivity index (χ1) is 7.36. The van der Waals surface area contributed by atoms with E-state index in [1.165, 1.54) is 24.3 Å². The third-order valence-electron chi connectivity index (χ3n) is 2.28. The molecule has 94 valence electrons. The first-order valence-electron chi connectivity index (χ1n) is 5.39. The molecule has 0 aliphatic carbocycles. The number of nitrogens with zero attached hydrogens (tertiary/aromatic N) is 2. The van der Waals surface area contributed by atoms with Gasteiger partial charge in [-0.25, -0.2) is 9.13 Å². The number of thioether (sulfide) groups is 2. The van der Waals surface area contributed by atoms with Gasteiger partial charge in [0.15, 0.2) is 0 Å². The molecule has 0 amide bonds. The fraction of sp³-hybridized carbons (Fsp3) is 0.727. The fourth-order valence-corrected chi connectivity index (χ4v) is 2.32. The van der Waals surface area contributed by atoms with E-state index in [-0.39, 0.29) is 5.48 Å². The predicted octanol–water partition coefficient (Wildman–Crippen LogP) is 2.10. The van der Waals surface area contributed by atoms with Gasteiger partial charge in [0.1, 0.15) is 12.4 Å². The van der Waals surface area contributed by atoms with Crippen LogP contribution < -0.4 is 4.57 Å². The molecule has 1 N–H and O–H groups in total. The lowest BCUT2D eigenvalue weighted by molar-refractivity contribution is -0.696. The van der Waals surface area contributed by atoms with Crippen LogP contribution in [0.1, 0.15) is 12.8 Å². The summed E-state index contributed by atoms with van der Waals surface area (Å²) in [5.74, 6) is 2.51. The second kappa shape index (κ2) is 10.1. The van der Waals surface area contributed by atoms with Gasteiger partial charge >= 0.3 is 0 Å². The molecule has 5 heteroatoms. The molecule has 0 atom stereocenters. The molecule has 1 heterocycles. The maximum atomic E-state index is 2.29. The minimum absolute atomic E-state index is 0. The fourth-order valence-electron chi connectivity index (χ4n) is 1.49. The Balaban J connectivity index is 0.00000225. The van der Waals surface area contributed by atoms with Gasteiger partial charge in [-0.3, -0.25) is 0 Å². The van der Waals surface area contributed by atoms with Crippen LogP contribution in [-0.2, 0) is 13.1 Å². The highest BCUT2D eigenvalue weighted by Crippen LogP contribution is 1.98. The van der Waals surface area contributed by atoms with Crippen molar-refractivity contribution in [3.05, 3.63) is 18.7 Å². The number of aromatic nitrogens is 2. The van der Waals surface area contributed by atoms with Gasteiger partial charge in [-0.05, 0) is 36.9 Å². The third kappa shape index (κ3) is 6.45. The molecule has 16 heavy (non-hydrogen) atoms. The Morgan fingerprint density at radius 2 is 1.81 bits per heavy atom. The lowest BCUT2D eigenvalue weighted by Gasteiger charge is -1.95. The molecular formula is C11H22N2OS2. The van der Waals surface area contributed by atoms with E-state index in [1.807, 2.05) is 23.5 Å². The summed E-state index contributed by atoms with van der Waals surface area (Å²) in [6.07, 6.45) is 13.4. The molecule has 0 radical (unpaired) electrons. The van der Waals surface area contributed by atoms with Crippen molar-refractivity contribution in [1.29, 1.82) is 0 Å². The minimum atomic E-state index is 0. The summed E-state index contributed by atoms with van der Waals surface area (Å²) in [5, 5.41) is 0. The summed E-state index contributed by atoms with van der Waals surface area (Å²) in [6, 6.07) is 0. The van der Waals surface area contributed by atoms with Crippen molar-refractivity contribution in [1.82, 2.24) is 4.57 Å². The van der Waals surface area contributed by atoms with Crippen LogP contribution in [0.3, 0.4) is 0 Å². The van der Waals surface area contributed by atoms with E-state index in [9.17, 15) is 0 Å². The predicted molar refractivity (Wildman–Crippen MR) is 72.6 cm³/mol. The first-order valence-corrected chi connectivity index (χ1v) is 8.18. The van der Waals surface area contributed by atoms with E-state index in [0.717, 1.165) is 13.1 Å². The molecular weight excluding hydrogens is 240 g/mol. The van der Waals surface area contributed by atoms with Gasteiger partial charge in [-0.1, -0.05) is 0 Å². The van der Waals surface area contributed by atoms with Crippen LogP contribution >= 0.6 is 23.5 Å². The summed E-state index contributed by atoms with van der Waals surface area (Å²) in [5.41, 5.74) is 0. The lowest BCUT2D eigenvalue weighted by Crippen LogP contribution is -2.31. The Kier molecular flexibility index (Phi) is 9.97. The number of hydrogen-bond donors (Lipinski definition) is 0. The maximum absolute atomic E-state index is 2.29. The average Bonchev–Trinajstić information content (AvgIpc) is 2.67. The van der Waals surface area contributed by atoms with Crippen molar-refractivity contribution < 1.29 is 10.0 Å². The van der Waals surface area contributed by atoms with Crippen molar-refractivity contribution >= 4 is 23.5 Å². The zero-order valence-corrected chi connectivity index (χ0v) is 11.8. The van der Waals surface area contributed by atoms with Crippen molar-refractivity contribution in [3.63, 3.8) is 0 Å². The number of rotatable bonds is 8. The molecule has 3 nitrogen and oxygen atoms in total. The van der Waals surface area contributed by atoms with Crippen LogP contribution in [0.5, 0.6) is 0 Å². The Hall–Kier alpha value is -0.130. The van der Waals surface area contributed by atoms with Gasteiger partial charge in [0.05, 0.1) is 13.1 Å². The summed E-state index contributed by atoms with van der Waals surface area (Å²) in [7, 11) is 0. The minimum Gasteiger partial charge on any atom is -0.870 e. The van der Waals surface area contributed by atoms with E-state index in [1.54, 1.807) is 0 Å². The van der Waals surface area contributed by atoms with Crippen LogP contribution in [0, 0.1) is 0 Å². The maximum Gasteiger partial charge on any atom is 0.243 e. The Morgan fingerprint density at radius 3 is 2.50 bits per heavy atom. The monoisotopic (exact) mass is 262 g/mol. The van der Waals surface area contributed by atoms with E-state index in [0.29, 0.717) is 0 Å². The highest BCUT2D eigenvalue weighted by Gasteiger charge is 2.02. The van der Waals surface area contributed by atoms with E-state index >= 15 is 0 Å². The van der Waals surface area contributed by atoms with Crippen molar-refractivity contribution in [2.45, 2.75) is 25.9 Å². The van der Waals surface area contributed by atoms with Gasteiger partial charge < -0.3 is 5.48 Å². The van der Waals surface area contributed by atoms with E-state index < -0.39 is 0 Å². The average molecular weight is 262 g/mol. The summed E-state index contributed by atoms with van der Waals surface area (Å²) in [4.78, 5) is 0. The van der Waals surface area contributed by atoms with Crippen molar-refractivity contribution in [2.75, 3.05) is 24.0 Å². The van der Waals surface area contributed by atoms with Crippen LogP contribution in [0.25, 0.3) is 0 Å². The lowest BCUT2D eigenvalue weighted by atomic mass is 10.5. The molecule has 0 saturated heterocycles. The normalized spacial score (nSPS) is 10.1. The Labute approximate surface area is 107 Å². The smallest absolute Gasteiger partial charge is 0.243 e. The highest BCUT2D eigenvalue weighted by atomic mass is 32.2. The molecule has 0 aromatic carbocycles. The van der Waals surface area contributed by atoms with E-state index in [2.05, 4.69) is 40.4 Å². The van der Waals surface area contributed by atoms with E-state index in [4.69, 9.17) is 0 Å².